The molecular formula is C32H42N6O2S. The smallest absolute Gasteiger partial charge is 0.257 e. The molecular weight excluding hydrogens is 532 g/mol. The summed E-state index contributed by atoms with van der Waals surface area (Å²) in [5, 5.41) is 3.12. The van der Waals surface area contributed by atoms with Crippen molar-refractivity contribution in [3.8, 4) is 10.6 Å². The standard InChI is InChI=1S/C32H42N6O2S/c1-6-40-27-18-25-17-24(30-33-11-16-41-30)7-8-26(25)29(27)38-15-14-37(19-21(38)2)32(5)9-12-36(13-10-32)31(39)28-22(3)34-20-35-23(28)4/h7-8,11,16-17,20-21,27,29H,6,9-10,12-15,18-19H2,1-5H3/t21-,27?,29?/m0/s1. The lowest BCUT2D eigenvalue weighted by Gasteiger charge is -2.53. The number of hydrogen-bond donors (Lipinski definition) is 0. The van der Waals surface area contributed by atoms with E-state index in [1.54, 1.807) is 11.3 Å². The molecule has 41 heavy (non-hydrogen) atoms. The fraction of sp³-hybridized carbons (Fsp3) is 0.562. The number of rotatable bonds is 6. The van der Waals surface area contributed by atoms with E-state index in [1.807, 2.05) is 30.3 Å². The van der Waals surface area contributed by atoms with Crippen LogP contribution >= 0.6 is 11.3 Å². The van der Waals surface area contributed by atoms with Crippen LogP contribution in [0.3, 0.4) is 0 Å². The molecule has 3 aromatic rings. The topological polar surface area (TPSA) is 74.7 Å². The number of aryl methyl sites for hydroxylation is 2. The van der Waals surface area contributed by atoms with Gasteiger partial charge in [0, 0.05) is 74.5 Å². The van der Waals surface area contributed by atoms with Crippen LogP contribution in [0.5, 0.6) is 0 Å². The minimum absolute atomic E-state index is 0.0701. The first-order valence-corrected chi connectivity index (χ1v) is 15.9. The van der Waals surface area contributed by atoms with Crippen molar-refractivity contribution in [1.29, 1.82) is 0 Å². The maximum atomic E-state index is 13.4. The molecule has 8 nitrogen and oxygen atoms in total. The molecule has 9 heteroatoms. The van der Waals surface area contributed by atoms with Crippen molar-refractivity contribution in [2.75, 3.05) is 39.3 Å². The second-order valence-corrected chi connectivity index (χ2v) is 13.0. The Morgan fingerprint density at radius 3 is 2.51 bits per heavy atom. The van der Waals surface area contributed by atoms with Crippen LogP contribution in [0.4, 0.5) is 0 Å². The number of likely N-dealkylation sites (tertiary alicyclic amines) is 1. The van der Waals surface area contributed by atoms with Gasteiger partial charge in [-0.3, -0.25) is 14.6 Å². The summed E-state index contributed by atoms with van der Waals surface area (Å²) in [4.78, 5) is 33.8. The molecule has 4 heterocycles. The van der Waals surface area contributed by atoms with Crippen LogP contribution in [-0.4, -0.2) is 92.6 Å². The Morgan fingerprint density at radius 2 is 1.85 bits per heavy atom. The maximum absolute atomic E-state index is 13.4. The Labute approximate surface area is 247 Å². The molecule has 6 rings (SSSR count). The van der Waals surface area contributed by atoms with Gasteiger partial charge in [-0.05, 0) is 64.7 Å². The maximum Gasteiger partial charge on any atom is 0.257 e. The van der Waals surface area contributed by atoms with Gasteiger partial charge in [-0.25, -0.2) is 15.0 Å². The number of ether oxygens (including phenoxy) is 1. The fourth-order valence-corrected chi connectivity index (χ4v) is 7.93. The van der Waals surface area contributed by atoms with E-state index in [9.17, 15) is 4.79 Å². The number of carbonyl (C=O) groups is 1. The Kier molecular flexibility index (Phi) is 7.98. The third-order valence-electron chi connectivity index (χ3n) is 9.66. The molecule has 3 atom stereocenters. The van der Waals surface area contributed by atoms with E-state index >= 15 is 0 Å². The van der Waals surface area contributed by atoms with Crippen LogP contribution in [0, 0.1) is 13.8 Å². The summed E-state index contributed by atoms with van der Waals surface area (Å²) in [5.41, 5.74) is 6.29. The third-order valence-corrected chi connectivity index (χ3v) is 10.5. The molecule has 2 aromatic heterocycles. The van der Waals surface area contributed by atoms with E-state index in [4.69, 9.17) is 4.74 Å². The number of piperazine rings is 1. The Morgan fingerprint density at radius 1 is 1.10 bits per heavy atom. The normalized spacial score (nSPS) is 24.9. The van der Waals surface area contributed by atoms with Crippen LogP contribution in [-0.2, 0) is 11.2 Å². The number of nitrogens with zero attached hydrogens (tertiary/aromatic N) is 6. The van der Waals surface area contributed by atoms with Gasteiger partial charge in [0.15, 0.2) is 0 Å². The Hall–Kier alpha value is -2.72. The van der Waals surface area contributed by atoms with Gasteiger partial charge in [0.25, 0.3) is 5.91 Å². The highest BCUT2D eigenvalue weighted by Crippen LogP contribution is 2.42. The lowest BCUT2D eigenvalue weighted by atomic mass is 9.86. The highest BCUT2D eigenvalue weighted by Gasteiger charge is 2.44. The van der Waals surface area contributed by atoms with Crippen LogP contribution < -0.4 is 0 Å². The summed E-state index contributed by atoms with van der Waals surface area (Å²) in [5.74, 6) is 0.0701. The first-order valence-electron chi connectivity index (χ1n) is 15.0. The Balaban J connectivity index is 1.13. The quantitative estimate of drug-likeness (QED) is 0.414. The largest absolute Gasteiger partial charge is 0.376 e. The molecule has 2 unspecified atom stereocenters. The molecule has 3 aliphatic rings. The van der Waals surface area contributed by atoms with Gasteiger partial charge in [-0.15, -0.1) is 11.3 Å². The van der Waals surface area contributed by atoms with Gasteiger partial charge in [0.05, 0.1) is 29.1 Å². The molecule has 0 spiro atoms. The molecule has 1 aliphatic carbocycles. The number of piperidine rings is 1. The van der Waals surface area contributed by atoms with E-state index in [0.29, 0.717) is 11.6 Å². The predicted molar refractivity (Wildman–Crippen MR) is 162 cm³/mol. The molecule has 0 N–H and O–H groups in total. The summed E-state index contributed by atoms with van der Waals surface area (Å²) in [6, 6.07) is 7.58. The van der Waals surface area contributed by atoms with Crippen molar-refractivity contribution in [1.82, 2.24) is 29.7 Å². The highest BCUT2D eigenvalue weighted by molar-refractivity contribution is 7.13. The number of carbonyl (C=O) groups excluding carboxylic acids is 1. The number of hydrogen-bond acceptors (Lipinski definition) is 8. The predicted octanol–water partition coefficient (Wildman–Crippen LogP) is 4.92. The number of benzene rings is 1. The van der Waals surface area contributed by atoms with Crippen LogP contribution in [0.25, 0.3) is 10.6 Å². The van der Waals surface area contributed by atoms with E-state index in [-0.39, 0.29) is 23.6 Å². The fourth-order valence-electron chi connectivity index (χ4n) is 7.30. The van der Waals surface area contributed by atoms with Gasteiger partial charge < -0.3 is 9.64 Å². The first kappa shape index (κ1) is 28.4. The number of amides is 1. The second-order valence-electron chi connectivity index (χ2n) is 12.1. The summed E-state index contributed by atoms with van der Waals surface area (Å²) in [7, 11) is 0. The SMILES string of the molecule is CCOC1Cc2cc(-c3nccs3)ccc2C1N1CCN(C2(C)CCN(C(=O)c3c(C)ncnc3C)CC2)C[C@@H]1C. The first-order chi connectivity index (χ1) is 19.8. The van der Waals surface area contributed by atoms with Crippen molar-refractivity contribution >= 4 is 17.2 Å². The van der Waals surface area contributed by atoms with Crippen molar-refractivity contribution < 1.29 is 9.53 Å². The number of thiazole rings is 1. The molecule has 0 radical (unpaired) electrons. The van der Waals surface area contributed by atoms with Crippen LogP contribution in [0.15, 0.2) is 36.1 Å². The van der Waals surface area contributed by atoms with E-state index in [0.717, 1.165) is 75.0 Å². The second kappa shape index (κ2) is 11.5. The molecule has 0 saturated carbocycles. The van der Waals surface area contributed by atoms with Gasteiger partial charge in [0.2, 0.25) is 0 Å². The minimum atomic E-state index is 0.0701. The molecule has 1 aromatic carbocycles. The zero-order valence-electron chi connectivity index (χ0n) is 25.0. The molecule has 2 fully saturated rings. The van der Waals surface area contributed by atoms with Gasteiger partial charge >= 0.3 is 0 Å². The minimum Gasteiger partial charge on any atom is -0.376 e. The van der Waals surface area contributed by atoms with E-state index in [1.165, 1.54) is 23.0 Å². The molecule has 0 bridgehead atoms. The zero-order chi connectivity index (χ0) is 28.7. The average molecular weight is 575 g/mol. The summed E-state index contributed by atoms with van der Waals surface area (Å²) in [6.07, 6.45) is 6.50. The number of fused-ring (bicyclic) bond motifs is 1. The lowest BCUT2D eigenvalue weighted by Crippen LogP contribution is -2.62. The van der Waals surface area contributed by atoms with Crippen LogP contribution in [0.1, 0.15) is 72.5 Å². The lowest BCUT2D eigenvalue weighted by molar-refractivity contribution is -0.0630. The number of aromatic nitrogens is 3. The average Bonchev–Trinajstić information content (AvgIpc) is 3.62. The monoisotopic (exact) mass is 574 g/mol. The van der Waals surface area contributed by atoms with Crippen molar-refractivity contribution in [3.63, 3.8) is 0 Å². The van der Waals surface area contributed by atoms with Gasteiger partial charge in [0.1, 0.15) is 11.3 Å². The summed E-state index contributed by atoms with van der Waals surface area (Å²) < 4.78 is 6.37. The van der Waals surface area contributed by atoms with Gasteiger partial charge in [-0.2, -0.15) is 0 Å². The summed E-state index contributed by atoms with van der Waals surface area (Å²) >= 11 is 1.69. The van der Waals surface area contributed by atoms with E-state index < -0.39 is 0 Å². The van der Waals surface area contributed by atoms with Crippen molar-refractivity contribution in [3.05, 3.63) is 64.2 Å². The van der Waals surface area contributed by atoms with Crippen LogP contribution in [0.2, 0.25) is 0 Å². The van der Waals surface area contributed by atoms with Crippen molar-refractivity contribution in [2.45, 2.75) is 77.6 Å². The molecule has 218 valence electrons. The van der Waals surface area contributed by atoms with Gasteiger partial charge in [-0.1, -0.05) is 12.1 Å². The highest BCUT2D eigenvalue weighted by atomic mass is 32.1. The molecule has 2 saturated heterocycles. The Bertz CT molecular complexity index is 1370. The zero-order valence-corrected chi connectivity index (χ0v) is 25.8. The molecule has 2 aliphatic heterocycles. The van der Waals surface area contributed by atoms with E-state index in [2.05, 4.69) is 63.7 Å². The summed E-state index contributed by atoms with van der Waals surface area (Å²) in [6.45, 7) is 16.0. The third kappa shape index (κ3) is 5.33. The van der Waals surface area contributed by atoms with Crippen molar-refractivity contribution in [2.24, 2.45) is 0 Å². The molecule has 1 amide bonds.